The van der Waals surface area contributed by atoms with Crippen molar-refractivity contribution in [1.29, 1.82) is 0 Å². The molecule has 2 N–H and O–H groups in total. The molecule has 0 aliphatic carbocycles. The number of carbonyl (C=O) groups excluding carboxylic acids is 3. The molecule has 0 unspecified atom stereocenters. The Morgan fingerprint density at radius 1 is 1.27 bits per heavy atom. The Morgan fingerprint density at radius 3 is 2.60 bits per heavy atom. The van der Waals surface area contributed by atoms with E-state index in [1.165, 1.54) is 36.9 Å². The highest BCUT2D eigenvalue weighted by atomic mass is 19.1. The summed E-state index contributed by atoms with van der Waals surface area (Å²) < 4.78 is 20.4. The van der Waals surface area contributed by atoms with E-state index in [-0.39, 0.29) is 34.8 Å². The molecule has 0 saturated heterocycles. The van der Waals surface area contributed by atoms with Gasteiger partial charge in [0.1, 0.15) is 5.82 Å². The van der Waals surface area contributed by atoms with Gasteiger partial charge in [0.15, 0.2) is 11.6 Å². The number of methoxy groups -OCH3 is 1. The van der Waals surface area contributed by atoms with Crippen LogP contribution in [0.15, 0.2) is 18.2 Å². The molecule has 3 rings (SSSR count). The number of rotatable bonds is 6. The van der Waals surface area contributed by atoms with Crippen LogP contribution in [0.4, 0.5) is 10.1 Å². The highest BCUT2D eigenvalue weighted by Gasteiger charge is 2.24. The minimum absolute atomic E-state index is 0.0814. The third kappa shape index (κ3) is 3.95. The second-order valence-corrected chi connectivity index (χ2v) is 6.55. The van der Waals surface area contributed by atoms with Crippen molar-refractivity contribution in [2.75, 3.05) is 12.4 Å². The molecular weight excluding hydrogens is 395 g/mol. The van der Waals surface area contributed by atoms with Crippen LogP contribution >= 0.6 is 0 Å². The second kappa shape index (κ2) is 8.23. The van der Waals surface area contributed by atoms with E-state index in [0.717, 1.165) is 0 Å². The Labute approximate surface area is 170 Å². The zero-order valence-electron chi connectivity index (χ0n) is 16.7. The number of esters is 1. The number of benzene rings is 1. The summed E-state index contributed by atoms with van der Waals surface area (Å²) in [6.07, 6.45) is -0.299. The molecule has 0 saturated carbocycles. The number of ether oxygens (including phenoxy) is 1. The summed E-state index contributed by atoms with van der Waals surface area (Å²) in [5.74, 6) is -1.74. The molecular formula is C19H19FN6O4. The summed E-state index contributed by atoms with van der Waals surface area (Å²) >= 11 is 0. The number of aryl methyl sites for hydroxylation is 1. The Bertz CT molecular complexity index is 1150. The number of anilines is 1. The number of nitrogens with zero attached hydrogens (tertiary/aromatic N) is 4. The van der Waals surface area contributed by atoms with Crippen LogP contribution in [0.5, 0.6) is 0 Å². The standard InChI is InChI=1S/C19H19FN6O4/c1-9-17(19(29)30-4)15(22-18(9)10(2)27)8-16(28)21-14-7-12(5-6-13(14)20)26-11(3)23-24-25-26/h5-7,22H,8H2,1-4H3,(H,21,28). The second-order valence-electron chi connectivity index (χ2n) is 6.55. The predicted octanol–water partition coefficient (Wildman–Crippen LogP) is 1.92. The van der Waals surface area contributed by atoms with Gasteiger partial charge in [-0.3, -0.25) is 9.59 Å². The molecule has 1 aromatic carbocycles. The first-order chi connectivity index (χ1) is 14.2. The molecule has 11 heteroatoms. The van der Waals surface area contributed by atoms with E-state index in [2.05, 4.69) is 25.8 Å². The first-order valence-electron chi connectivity index (χ1n) is 8.88. The maximum absolute atomic E-state index is 14.2. The number of halogens is 1. The number of aromatic nitrogens is 5. The fraction of sp³-hybridized carbons (Fsp3) is 0.263. The fourth-order valence-corrected chi connectivity index (χ4v) is 3.09. The molecule has 1 amide bonds. The first kappa shape index (κ1) is 20.8. The van der Waals surface area contributed by atoms with Crippen LogP contribution in [0.2, 0.25) is 0 Å². The Hall–Kier alpha value is -3.89. The third-order valence-corrected chi connectivity index (χ3v) is 4.50. The lowest BCUT2D eigenvalue weighted by atomic mass is 10.1. The summed E-state index contributed by atoms with van der Waals surface area (Å²) in [5.41, 5.74) is 1.28. The average Bonchev–Trinajstić information content (AvgIpc) is 3.26. The van der Waals surface area contributed by atoms with E-state index < -0.39 is 17.7 Å². The highest BCUT2D eigenvalue weighted by Crippen LogP contribution is 2.23. The minimum atomic E-state index is -0.679. The van der Waals surface area contributed by atoms with E-state index in [0.29, 0.717) is 17.1 Å². The summed E-state index contributed by atoms with van der Waals surface area (Å²) in [6, 6.07) is 4.04. The molecule has 156 valence electrons. The van der Waals surface area contributed by atoms with Gasteiger partial charge in [-0.15, -0.1) is 5.10 Å². The number of carbonyl (C=O) groups is 3. The lowest BCUT2D eigenvalue weighted by Gasteiger charge is -2.09. The molecule has 0 radical (unpaired) electrons. The predicted molar refractivity (Wildman–Crippen MR) is 103 cm³/mol. The number of ketones is 1. The molecule has 30 heavy (non-hydrogen) atoms. The van der Waals surface area contributed by atoms with Crippen molar-refractivity contribution in [2.45, 2.75) is 27.2 Å². The molecule has 0 spiro atoms. The van der Waals surface area contributed by atoms with Crippen molar-refractivity contribution in [3.8, 4) is 5.69 Å². The zero-order valence-corrected chi connectivity index (χ0v) is 16.7. The normalized spacial score (nSPS) is 10.7. The van der Waals surface area contributed by atoms with E-state index in [4.69, 9.17) is 4.74 Å². The molecule has 0 bridgehead atoms. The zero-order chi connectivity index (χ0) is 22.0. The van der Waals surface area contributed by atoms with Gasteiger partial charge < -0.3 is 15.0 Å². The average molecular weight is 414 g/mol. The van der Waals surface area contributed by atoms with E-state index in [1.807, 2.05) is 0 Å². The highest BCUT2D eigenvalue weighted by molar-refractivity contribution is 6.02. The van der Waals surface area contributed by atoms with Crippen LogP contribution < -0.4 is 5.32 Å². The molecule has 3 aromatic rings. The van der Waals surface area contributed by atoms with Crippen LogP contribution in [0, 0.1) is 19.7 Å². The monoisotopic (exact) mass is 414 g/mol. The summed E-state index contributed by atoms with van der Waals surface area (Å²) in [4.78, 5) is 39.3. The maximum Gasteiger partial charge on any atom is 0.339 e. The smallest absolute Gasteiger partial charge is 0.339 e. The van der Waals surface area contributed by atoms with Gasteiger partial charge in [0, 0.05) is 12.6 Å². The third-order valence-electron chi connectivity index (χ3n) is 4.50. The lowest BCUT2D eigenvalue weighted by molar-refractivity contribution is -0.115. The number of hydrogen-bond acceptors (Lipinski definition) is 7. The maximum atomic E-state index is 14.2. The van der Waals surface area contributed by atoms with Crippen LogP contribution in [-0.2, 0) is 16.0 Å². The van der Waals surface area contributed by atoms with Crippen molar-refractivity contribution < 1.29 is 23.5 Å². The molecule has 10 nitrogen and oxygen atoms in total. The van der Waals surface area contributed by atoms with Crippen molar-refractivity contribution in [1.82, 2.24) is 25.2 Å². The topological polar surface area (TPSA) is 132 Å². The summed E-state index contributed by atoms with van der Waals surface area (Å²) in [7, 11) is 1.20. The van der Waals surface area contributed by atoms with Gasteiger partial charge in [-0.1, -0.05) is 0 Å². The van der Waals surface area contributed by atoms with Crippen LogP contribution in [0.1, 0.15) is 44.9 Å². The Balaban J connectivity index is 1.88. The minimum Gasteiger partial charge on any atom is -0.465 e. The quantitative estimate of drug-likeness (QED) is 0.465. The van der Waals surface area contributed by atoms with Crippen molar-refractivity contribution in [3.63, 3.8) is 0 Å². The van der Waals surface area contributed by atoms with Gasteiger partial charge in [0.25, 0.3) is 0 Å². The van der Waals surface area contributed by atoms with Crippen LogP contribution in [0.25, 0.3) is 5.69 Å². The SMILES string of the molecule is COC(=O)c1c(CC(=O)Nc2cc(-n3nnnc3C)ccc2F)[nH]c(C(C)=O)c1C. The van der Waals surface area contributed by atoms with Gasteiger partial charge in [-0.25, -0.2) is 9.18 Å². The van der Waals surface area contributed by atoms with E-state index in [9.17, 15) is 18.8 Å². The van der Waals surface area contributed by atoms with Crippen molar-refractivity contribution in [2.24, 2.45) is 0 Å². The van der Waals surface area contributed by atoms with Crippen molar-refractivity contribution >= 4 is 23.3 Å². The lowest BCUT2D eigenvalue weighted by Crippen LogP contribution is -2.18. The number of aromatic amines is 1. The fourth-order valence-electron chi connectivity index (χ4n) is 3.09. The molecule has 2 heterocycles. The molecule has 2 aromatic heterocycles. The Morgan fingerprint density at radius 2 is 2.00 bits per heavy atom. The van der Waals surface area contributed by atoms with Gasteiger partial charge in [-0.05, 0) is 48.0 Å². The van der Waals surface area contributed by atoms with Crippen LogP contribution in [0.3, 0.4) is 0 Å². The molecule has 0 atom stereocenters. The van der Waals surface area contributed by atoms with Crippen LogP contribution in [-0.4, -0.2) is 50.0 Å². The van der Waals surface area contributed by atoms with E-state index >= 15 is 0 Å². The molecule has 0 aliphatic rings. The number of amides is 1. The van der Waals surface area contributed by atoms with Gasteiger partial charge in [-0.2, -0.15) is 4.68 Å². The first-order valence-corrected chi connectivity index (χ1v) is 8.88. The van der Waals surface area contributed by atoms with Crippen molar-refractivity contribution in [3.05, 3.63) is 52.4 Å². The van der Waals surface area contributed by atoms with Gasteiger partial charge in [0.2, 0.25) is 5.91 Å². The summed E-state index contributed by atoms with van der Waals surface area (Å²) in [6.45, 7) is 4.60. The Kier molecular flexibility index (Phi) is 5.72. The van der Waals surface area contributed by atoms with Gasteiger partial charge in [0.05, 0.1) is 36.2 Å². The van der Waals surface area contributed by atoms with E-state index in [1.54, 1.807) is 13.8 Å². The molecule has 0 aliphatic heterocycles. The summed E-state index contributed by atoms with van der Waals surface area (Å²) in [5, 5.41) is 13.6. The molecule has 0 fully saturated rings. The van der Waals surface area contributed by atoms with Gasteiger partial charge >= 0.3 is 5.97 Å². The largest absolute Gasteiger partial charge is 0.465 e. The number of tetrazole rings is 1. The number of H-pyrrole nitrogens is 1. The number of hydrogen-bond donors (Lipinski definition) is 2. The number of nitrogens with one attached hydrogen (secondary N) is 2. The number of Topliss-reactive ketones (excluding diaryl/α,β-unsaturated/α-hetero) is 1.